The van der Waals surface area contributed by atoms with E-state index in [4.69, 9.17) is 14.5 Å². The lowest BCUT2D eigenvalue weighted by atomic mass is 9.79. The fraction of sp³-hybridized carbons (Fsp3) is 0.632. The van der Waals surface area contributed by atoms with Crippen molar-refractivity contribution < 1.29 is 14.5 Å². The van der Waals surface area contributed by atoms with Gasteiger partial charge in [-0.25, -0.2) is 4.68 Å². The molecule has 0 bridgehead atoms. The number of fused-ring (bicyclic) bond motifs is 1. The largest absolute Gasteiger partial charge is 0.427 e. The van der Waals surface area contributed by atoms with E-state index in [1.165, 1.54) is 6.42 Å². The van der Waals surface area contributed by atoms with Crippen LogP contribution in [-0.2, 0) is 9.39 Å². The van der Waals surface area contributed by atoms with Crippen molar-refractivity contribution in [3.05, 3.63) is 23.9 Å². The Labute approximate surface area is 150 Å². The quantitative estimate of drug-likeness (QED) is 0.847. The molecule has 6 heteroatoms. The molecule has 1 fully saturated rings. The van der Waals surface area contributed by atoms with Gasteiger partial charge in [-0.3, -0.25) is 0 Å². The fourth-order valence-electron chi connectivity index (χ4n) is 2.96. The van der Waals surface area contributed by atoms with Gasteiger partial charge >= 0.3 is 7.48 Å². The van der Waals surface area contributed by atoms with Crippen molar-refractivity contribution in [3.63, 3.8) is 0 Å². The average Bonchev–Trinajstić information content (AvgIpc) is 2.98. The first-order chi connectivity index (χ1) is 11.7. The molecule has 1 aromatic heterocycles. The van der Waals surface area contributed by atoms with E-state index in [-0.39, 0.29) is 6.23 Å². The predicted molar refractivity (Wildman–Crippen MR) is 102 cm³/mol. The molecule has 1 saturated heterocycles. The van der Waals surface area contributed by atoms with E-state index in [0.29, 0.717) is 7.48 Å². The van der Waals surface area contributed by atoms with E-state index in [1.54, 1.807) is 13.8 Å². The van der Waals surface area contributed by atoms with Crippen molar-refractivity contribution in [2.45, 2.75) is 71.3 Å². The monoisotopic (exact) mass is 344 g/mol. The fourth-order valence-corrected chi connectivity index (χ4v) is 2.96. The van der Waals surface area contributed by atoms with Gasteiger partial charge in [0.1, 0.15) is 6.23 Å². The van der Waals surface area contributed by atoms with Crippen molar-refractivity contribution in [1.29, 1.82) is 0 Å². The number of aryl methyl sites for hydroxylation is 1. The topological polar surface area (TPSA) is 56.5 Å². The van der Waals surface area contributed by atoms with Gasteiger partial charge in [0.2, 0.25) is 0 Å². The molecule has 1 aliphatic rings. The van der Waals surface area contributed by atoms with Crippen molar-refractivity contribution >= 4 is 23.8 Å². The number of aromatic nitrogens is 2. The molecule has 0 radical (unpaired) electrons. The van der Waals surface area contributed by atoms with Crippen LogP contribution < -0.4 is 5.46 Å². The highest BCUT2D eigenvalue weighted by Crippen LogP contribution is 2.26. The molecular formula is C19H29BN2O3. The van der Waals surface area contributed by atoms with E-state index < -0.39 is 11.2 Å². The standard InChI is InChI=1S/C19H29BN2O3/c1-13-9-10-14-12-22(15-8-6-7-11-24-15)21-17(14)16(13)20-25-19(4,5)18(2,3)23/h9-10,12,15,20,23H,6-8,11H2,1-5H3. The minimum absolute atomic E-state index is 0.0306. The number of ether oxygens (including phenoxy) is 1. The molecule has 2 aromatic rings. The van der Waals surface area contributed by atoms with Crippen LogP contribution in [0.4, 0.5) is 0 Å². The van der Waals surface area contributed by atoms with Crippen molar-refractivity contribution in [2.75, 3.05) is 6.61 Å². The highest BCUT2D eigenvalue weighted by atomic mass is 16.5. The Balaban J connectivity index is 1.89. The lowest BCUT2D eigenvalue weighted by Crippen LogP contribution is -2.49. The second kappa shape index (κ2) is 6.74. The lowest BCUT2D eigenvalue weighted by Gasteiger charge is -2.37. The maximum atomic E-state index is 10.3. The third-order valence-electron chi connectivity index (χ3n) is 5.54. The molecular weight excluding hydrogens is 315 g/mol. The second-order valence-electron chi connectivity index (χ2n) is 8.09. The van der Waals surface area contributed by atoms with Gasteiger partial charge < -0.3 is 14.5 Å². The molecule has 1 N–H and O–H groups in total. The molecule has 1 unspecified atom stereocenters. The Kier molecular flexibility index (Phi) is 4.97. The van der Waals surface area contributed by atoms with Crippen LogP contribution in [0.25, 0.3) is 10.9 Å². The first-order valence-corrected chi connectivity index (χ1v) is 9.14. The molecule has 0 aliphatic carbocycles. The molecule has 0 spiro atoms. The summed E-state index contributed by atoms with van der Waals surface area (Å²) in [7, 11) is 0.419. The summed E-state index contributed by atoms with van der Waals surface area (Å²) in [4.78, 5) is 0. The average molecular weight is 344 g/mol. The van der Waals surface area contributed by atoms with Crippen LogP contribution in [0.1, 0.15) is 58.7 Å². The molecule has 2 heterocycles. The Hall–Kier alpha value is -1.37. The zero-order valence-electron chi connectivity index (χ0n) is 16.0. The number of rotatable bonds is 5. The third kappa shape index (κ3) is 3.76. The zero-order valence-corrected chi connectivity index (χ0v) is 16.0. The zero-order chi connectivity index (χ0) is 18.2. The Morgan fingerprint density at radius 2 is 2.04 bits per heavy atom. The van der Waals surface area contributed by atoms with Crippen LogP contribution in [0.15, 0.2) is 18.3 Å². The molecule has 0 saturated carbocycles. The Bertz CT molecular complexity index is 743. The Morgan fingerprint density at radius 1 is 1.28 bits per heavy atom. The van der Waals surface area contributed by atoms with Crippen LogP contribution in [0.2, 0.25) is 0 Å². The second-order valence-corrected chi connectivity index (χ2v) is 8.09. The summed E-state index contributed by atoms with van der Waals surface area (Å²) < 4.78 is 13.9. The normalized spacial score (nSPS) is 19.4. The molecule has 3 rings (SSSR count). The molecule has 1 aromatic carbocycles. The minimum atomic E-state index is -0.926. The first kappa shape index (κ1) is 18.4. The van der Waals surface area contributed by atoms with Gasteiger partial charge in [-0.05, 0) is 59.3 Å². The summed E-state index contributed by atoms with van der Waals surface area (Å²) in [6, 6.07) is 4.20. The molecule has 136 valence electrons. The van der Waals surface area contributed by atoms with Gasteiger partial charge in [0.05, 0.1) is 16.7 Å². The maximum absolute atomic E-state index is 10.3. The highest BCUT2D eigenvalue weighted by Gasteiger charge is 2.36. The summed E-state index contributed by atoms with van der Waals surface area (Å²) in [5.41, 5.74) is 1.60. The van der Waals surface area contributed by atoms with Crippen LogP contribution >= 0.6 is 0 Å². The number of aliphatic hydroxyl groups is 1. The van der Waals surface area contributed by atoms with Gasteiger partial charge in [-0.2, -0.15) is 5.10 Å². The van der Waals surface area contributed by atoms with E-state index >= 15 is 0 Å². The first-order valence-electron chi connectivity index (χ1n) is 9.14. The molecule has 5 nitrogen and oxygen atoms in total. The smallest absolute Gasteiger partial charge is 0.311 e. The van der Waals surface area contributed by atoms with Crippen molar-refractivity contribution in [2.24, 2.45) is 0 Å². The van der Waals surface area contributed by atoms with E-state index in [2.05, 4.69) is 25.3 Å². The number of hydrogen-bond acceptors (Lipinski definition) is 4. The summed E-state index contributed by atoms with van der Waals surface area (Å²) in [6.07, 6.45) is 5.40. The van der Waals surface area contributed by atoms with Crippen molar-refractivity contribution in [1.82, 2.24) is 9.78 Å². The summed E-state index contributed by atoms with van der Waals surface area (Å²) >= 11 is 0. The number of hydrogen-bond donors (Lipinski definition) is 1. The highest BCUT2D eigenvalue weighted by molar-refractivity contribution is 6.51. The SMILES string of the molecule is Cc1ccc2cn(C3CCCCO3)nc2c1BOC(C)(C)C(C)(C)O. The van der Waals surface area contributed by atoms with Gasteiger partial charge in [0.15, 0.2) is 0 Å². The van der Waals surface area contributed by atoms with Gasteiger partial charge in [-0.1, -0.05) is 17.7 Å². The number of benzene rings is 1. The van der Waals surface area contributed by atoms with Gasteiger partial charge in [0.25, 0.3) is 0 Å². The van der Waals surface area contributed by atoms with E-state index in [0.717, 1.165) is 41.4 Å². The maximum Gasteiger partial charge on any atom is 0.311 e. The van der Waals surface area contributed by atoms with Gasteiger partial charge in [0, 0.05) is 18.2 Å². The van der Waals surface area contributed by atoms with Crippen LogP contribution in [0, 0.1) is 6.92 Å². The molecule has 1 atom stereocenters. The van der Waals surface area contributed by atoms with Crippen LogP contribution in [0.3, 0.4) is 0 Å². The van der Waals surface area contributed by atoms with Crippen LogP contribution in [-0.4, -0.2) is 40.2 Å². The Morgan fingerprint density at radius 3 is 2.68 bits per heavy atom. The van der Waals surface area contributed by atoms with Crippen LogP contribution in [0.5, 0.6) is 0 Å². The lowest BCUT2D eigenvalue weighted by molar-refractivity contribution is -0.0893. The third-order valence-corrected chi connectivity index (χ3v) is 5.54. The summed E-state index contributed by atoms with van der Waals surface area (Å²) in [5, 5.41) is 16.2. The minimum Gasteiger partial charge on any atom is -0.427 e. The van der Waals surface area contributed by atoms with E-state index in [9.17, 15) is 5.11 Å². The summed E-state index contributed by atoms with van der Waals surface area (Å²) in [5.74, 6) is 0. The molecule has 1 aliphatic heterocycles. The number of nitrogens with zero attached hydrogens (tertiary/aromatic N) is 2. The molecule has 0 amide bonds. The summed E-state index contributed by atoms with van der Waals surface area (Å²) in [6.45, 7) is 10.3. The predicted octanol–water partition coefficient (Wildman–Crippen LogP) is 2.59. The van der Waals surface area contributed by atoms with Crippen molar-refractivity contribution in [3.8, 4) is 0 Å². The van der Waals surface area contributed by atoms with Gasteiger partial charge in [-0.15, -0.1) is 0 Å². The molecule has 25 heavy (non-hydrogen) atoms. The van der Waals surface area contributed by atoms with E-state index in [1.807, 2.05) is 18.5 Å².